The third-order valence-electron chi connectivity index (χ3n) is 4.00. The Morgan fingerprint density at radius 1 is 1.13 bits per heavy atom. The van der Waals surface area contributed by atoms with Crippen LogP contribution in [0.3, 0.4) is 0 Å². The quantitative estimate of drug-likeness (QED) is 0.849. The highest BCUT2D eigenvalue weighted by molar-refractivity contribution is 7.89. The summed E-state index contributed by atoms with van der Waals surface area (Å²) in [6.45, 7) is 4.49. The number of sulfonamides is 1. The number of hydrogen-bond acceptors (Lipinski definition) is 4. The number of nitrogens with zero attached hydrogens (tertiary/aromatic N) is 4. The van der Waals surface area contributed by atoms with Crippen molar-refractivity contribution in [3.8, 4) is 0 Å². The molecular formula is C15H19FN4O2S. The van der Waals surface area contributed by atoms with Crippen LogP contribution in [-0.2, 0) is 16.6 Å². The Kier molecular flexibility index (Phi) is 4.36. The van der Waals surface area contributed by atoms with Crippen molar-refractivity contribution in [3.63, 3.8) is 0 Å². The number of aromatic nitrogens is 2. The fourth-order valence-electron chi connectivity index (χ4n) is 2.64. The van der Waals surface area contributed by atoms with E-state index in [-0.39, 0.29) is 10.7 Å². The van der Waals surface area contributed by atoms with Crippen molar-refractivity contribution in [2.75, 3.05) is 31.1 Å². The van der Waals surface area contributed by atoms with Gasteiger partial charge in [0.1, 0.15) is 10.7 Å². The number of rotatable bonds is 4. The average molecular weight is 338 g/mol. The van der Waals surface area contributed by atoms with E-state index < -0.39 is 10.0 Å². The van der Waals surface area contributed by atoms with Gasteiger partial charge in [-0.3, -0.25) is 4.68 Å². The fraction of sp³-hybridized carbons (Fsp3) is 0.400. The highest BCUT2D eigenvalue weighted by atomic mass is 32.2. The van der Waals surface area contributed by atoms with Gasteiger partial charge in [-0.1, -0.05) is 0 Å². The van der Waals surface area contributed by atoms with Crippen LogP contribution in [0.15, 0.2) is 41.6 Å². The van der Waals surface area contributed by atoms with Crippen molar-refractivity contribution in [3.05, 3.63) is 42.5 Å². The van der Waals surface area contributed by atoms with E-state index >= 15 is 0 Å². The number of piperazine rings is 1. The Morgan fingerprint density at radius 2 is 1.78 bits per heavy atom. The molecule has 1 saturated heterocycles. The summed E-state index contributed by atoms with van der Waals surface area (Å²) in [6, 6.07) is 6.25. The Bertz CT molecular complexity index is 765. The molecule has 0 aliphatic carbocycles. The first kappa shape index (κ1) is 15.9. The summed E-state index contributed by atoms with van der Waals surface area (Å²) in [4.78, 5) is 2.29. The molecule has 1 aliphatic rings. The first-order valence-corrected chi connectivity index (χ1v) is 8.98. The first-order valence-electron chi connectivity index (χ1n) is 7.54. The van der Waals surface area contributed by atoms with Crippen LogP contribution in [0.4, 0.5) is 10.1 Å². The van der Waals surface area contributed by atoms with Crippen molar-refractivity contribution in [2.24, 2.45) is 0 Å². The fourth-order valence-corrected chi connectivity index (χ4v) is 4.02. The van der Waals surface area contributed by atoms with Crippen LogP contribution in [0.5, 0.6) is 0 Å². The van der Waals surface area contributed by atoms with E-state index in [9.17, 15) is 12.8 Å². The SMILES string of the molecule is CCn1cc(S(=O)(=O)N2CCN(c3ccc(F)cc3)CC2)cn1. The Balaban J connectivity index is 1.69. The first-order chi connectivity index (χ1) is 11.0. The molecular weight excluding hydrogens is 319 g/mol. The minimum absolute atomic E-state index is 0.231. The molecule has 1 aromatic heterocycles. The van der Waals surface area contributed by atoms with Gasteiger partial charge in [0.15, 0.2) is 0 Å². The molecule has 0 spiro atoms. The Hall–Kier alpha value is -1.93. The zero-order valence-electron chi connectivity index (χ0n) is 12.9. The van der Waals surface area contributed by atoms with Crippen LogP contribution >= 0.6 is 0 Å². The van der Waals surface area contributed by atoms with Gasteiger partial charge in [-0.2, -0.15) is 9.40 Å². The average Bonchev–Trinajstić information content (AvgIpc) is 3.06. The minimum atomic E-state index is -3.50. The maximum atomic E-state index is 13.0. The maximum absolute atomic E-state index is 13.0. The zero-order valence-corrected chi connectivity index (χ0v) is 13.7. The number of hydrogen-bond donors (Lipinski definition) is 0. The van der Waals surface area contributed by atoms with Crippen molar-refractivity contribution in [1.29, 1.82) is 0 Å². The van der Waals surface area contributed by atoms with E-state index in [1.54, 1.807) is 23.0 Å². The predicted octanol–water partition coefficient (Wildman–Crippen LogP) is 1.55. The highest BCUT2D eigenvalue weighted by Gasteiger charge is 2.29. The molecule has 1 fully saturated rings. The molecule has 0 amide bonds. The van der Waals surface area contributed by atoms with Gasteiger partial charge in [0.05, 0.1) is 6.20 Å². The van der Waals surface area contributed by atoms with Crippen LogP contribution in [0.25, 0.3) is 0 Å². The van der Waals surface area contributed by atoms with Gasteiger partial charge < -0.3 is 4.90 Å². The maximum Gasteiger partial charge on any atom is 0.246 e. The van der Waals surface area contributed by atoms with Crippen molar-refractivity contribution >= 4 is 15.7 Å². The lowest BCUT2D eigenvalue weighted by Gasteiger charge is -2.35. The second-order valence-corrected chi connectivity index (χ2v) is 7.34. The number of halogens is 1. The van der Waals surface area contributed by atoms with Crippen LogP contribution in [-0.4, -0.2) is 48.7 Å². The van der Waals surface area contributed by atoms with Gasteiger partial charge in [-0.15, -0.1) is 0 Å². The monoisotopic (exact) mass is 338 g/mol. The molecule has 0 unspecified atom stereocenters. The number of benzene rings is 1. The van der Waals surface area contributed by atoms with E-state index in [0.717, 1.165) is 5.69 Å². The van der Waals surface area contributed by atoms with Gasteiger partial charge in [-0.05, 0) is 31.2 Å². The van der Waals surface area contributed by atoms with Gasteiger partial charge in [0.25, 0.3) is 0 Å². The molecule has 23 heavy (non-hydrogen) atoms. The second-order valence-electron chi connectivity index (χ2n) is 5.40. The summed E-state index contributed by atoms with van der Waals surface area (Å²) < 4.78 is 41.3. The molecule has 3 rings (SSSR count). The number of aryl methyl sites for hydroxylation is 1. The molecule has 2 heterocycles. The predicted molar refractivity (Wildman–Crippen MR) is 85.3 cm³/mol. The highest BCUT2D eigenvalue weighted by Crippen LogP contribution is 2.21. The molecule has 6 nitrogen and oxygen atoms in total. The number of anilines is 1. The van der Waals surface area contributed by atoms with Gasteiger partial charge in [-0.25, -0.2) is 12.8 Å². The van der Waals surface area contributed by atoms with Crippen molar-refractivity contribution in [1.82, 2.24) is 14.1 Å². The summed E-state index contributed by atoms with van der Waals surface area (Å²) in [6.07, 6.45) is 2.95. The summed E-state index contributed by atoms with van der Waals surface area (Å²) in [7, 11) is -3.50. The molecule has 0 atom stereocenters. The van der Waals surface area contributed by atoms with Crippen LogP contribution in [0, 0.1) is 5.82 Å². The van der Waals surface area contributed by atoms with Crippen LogP contribution in [0.2, 0.25) is 0 Å². The summed E-state index contributed by atoms with van der Waals surface area (Å²) in [5.74, 6) is -0.275. The molecule has 2 aromatic rings. The largest absolute Gasteiger partial charge is 0.369 e. The van der Waals surface area contributed by atoms with Gasteiger partial charge in [0.2, 0.25) is 10.0 Å². The smallest absolute Gasteiger partial charge is 0.246 e. The molecule has 1 aromatic carbocycles. The molecule has 0 bridgehead atoms. The molecule has 124 valence electrons. The van der Waals surface area contributed by atoms with E-state index in [2.05, 4.69) is 10.00 Å². The standard InChI is InChI=1S/C15H19FN4O2S/c1-2-19-12-15(11-17-19)23(21,22)20-9-7-18(8-10-20)14-5-3-13(16)4-6-14/h3-6,11-12H,2,7-10H2,1H3. The Morgan fingerprint density at radius 3 is 2.35 bits per heavy atom. The van der Waals surface area contributed by atoms with E-state index in [1.165, 1.54) is 22.6 Å². The van der Waals surface area contributed by atoms with Gasteiger partial charge >= 0.3 is 0 Å². The third kappa shape index (κ3) is 3.23. The topological polar surface area (TPSA) is 58.4 Å². The third-order valence-corrected chi connectivity index (χ3v) is 5.85. The molecule has 0 N–H and O–H groups in total. The summed E-state index contributed by atoms with van der Waals surface area (Å²) in [5, 5.41) is 4.03. The van der Waals surface area contributed by atoms with E-state index in [4.69, 9.17) is 0 Å². The lowest BCUT2D eigenvalue weighted by molar-refractivity contribution is 0.385. The molecule has 1 aliphatic heterocycles. The second kappa shape index (κ2) is 6.29. The zero-order chi connectivity index (χ0) is 16.4. The van der Waals surface area contributed by atoms with E-state index in [1.807, 2.05) is 6.92 Å². The Labute approximate surface area is 135 Å². The summed E-state index contributed by atoms with van der Waals surface area (Å²) in [5.41, 5.74) is 0.905. The minimum Gasteiger partial charge on any atom is -0.369 e. The molecule has 0 radical (unpaired) electrons. The summed E-state index contributed by atoms with van der Waals surface area (Å²) >= 11 is 0. The normalized spacial score (nSPS) is 16.7. The van der Waals surface area contributed by atoms with Crippen molar-refractivity contribution < 1.29 is 12.8 Å². The molecule has 8 heteroatoms. The van der Waals surface area contributed by atoms with Gasteiger partial charge in [0, 0.05) is 44.6 Å². The van der Waals surface area contributed by atoms with Crippen LogP contribution in [0.1, 0.15) is 6.92 Å². The van der Waals surface area contributed by atoms with Crippen LogP contribution < -0.4 is 4.90 Å². The lowest BCUT2D eigenvalue weighted by Crippen LogP contribution is -2.48. The lowest BCUT2D eigenvalue weighted by atomic mass is 10.2. The van der Waals surface area contributed by atoms with E-state index in [0.29, 0.717) is 32.7 Å². The van der Waals surface area contributed by atoms with Crippen molar-refractivity contribution in [2.45, 2.75) is 18.4 Å². The molecule has 0 saturated carbocycles.